The highest BCUT2D eigenvalue weighted by Gasteiger charge is 2.22. The van der Waals surface area contributed by atoms with Crippen LogP contribution >= 0.6 is 11.3 Å². The smallest absolute Gasteiger partial charge is 0.347 e. The molecule has 0 saturated carbocycles. The van der Waals surface area contributed by atoms with Gasteiger partial charge in [-0.1, -0.05) is 36.4 Å². The highest BCUT2D eigenvalue weighted by Crippen LogP contribution is 2.27. The molecule has 7 heteroatoms. The van der Waals surface area contributed by atoms with E-state index in [1.807, 2.05) is 42.5 Å². The summed E-state index contributed by atoms with van der Waals surface area (Å²) in [6.07, 6.45) is -0.710. The number of ether oxygens (including phenoxy) is 1. The van der Waals surface area contributed by atoms with E-state index in [2.05, 4.69) is 10.3 Å². The van der Waals surface area contributed by atoms with Crippen molar-refractivity contribution >= 4 is 34.0 Å². The number of amides is 1. The van der Waals surface area contributed by atoms with Crippen LogP contribution in [0.3, 0.4) is 0 Å². The summed E-state index contributed by atoms with van der Waals surface area (Å²) in [4.78, 5) is 28.1. The van der Waals surface area contributed by atoms with Crippen LogP contribution in [0.5, 0.6) is 5.75 Å². The number of carbonyl (C=O) groups is 2. The van der Waals surface area contributed by atoms with E-state index in [1.54, 1.807) is 20.8 Å². The van der Waals surface area contributed by atoms with Crippen LogP contribution in [0.25, 0.3) is 10.8 Å². The van der Waals surface area contributed by atoms with Gasteiger partial charge in [-0.05, 0) is 32.2 Å². The van der Waals surface area contributed by atoms with Gasteiger partial charge in [0.25, 0.3) is 5.91 Å². The fourth-order valence-electron chi connectivity index (χ4n) is 2.74. The maximum Gasteiger partial charge on any atom is 0.347 e. The summed E-state index contributed by atoms with van der Waals surface area (Å²) in [5.41, 5.74) is 0.448. The molecule has 1 heterocycles. The zero-order chi connectivity index (χ0) is 19.6. The molecule has 0 fully saturated rings. The predicted molar refractivity (Wildman–Crippen MR) is 104 cm³/mol. The minimum Gasteiger partial charge on any atom is -0.480 e. The minimum atomic E-state index is -1.01. The summed E-state index contributed by atoms with van der Waals surface area (Å²) in [6.45, 7) is 5.09. The fraction of sp³-hybridized carbons (Fsp3) is 0.250. The Labute approximate surface area is 160 Å². The van der Waals surface area contributed by atoms with Gasteiger partial charge in [0.05, 0.1) is 11.7 Å². The summed E-state index contributed by atoms with van der Waals surface area (Å²) in [5.74, 6) is -0.663. The van der Waals surface area contributed by atoms with E-state index in [4.69, 9.17) is 9.84 Å². The van der Waals surface area contributed by atoms with Crippen LogP contribution in [0.15, 0.2) is 42.5 Å². The Morgan fingerprint density at radius 3 is 2.56 bits per heavy atom. The topological polar surface area (TPSA) is 88.5 Å². The summed E-state index contributed by atoms with van der Waals surface area (Å²) < 4.78 is 5.87. The number of carbonyl (C=O) groups excluding carboxylic acids is 1. The number of nitrogens with zero attached hydrogens (tertiary/aromatic N) is 1. The van der Waals surface area contributed by atoms with E-state index in [0.717, 1.165) is 22.1 Å². The molecule has 2 atom stereocenters. The molecule has 2 unspecified atom stereocenters. The number of nitrogens with one attached hydrogen (secondary N) is 1. The predicted octanol–water partition coefficient (Wildman–Crippen LogP) is 3.95. The molecule has 140 valence electrons. The molecule has 0 saturated heterocycles. The van der Waals surface area contributed by atoms with Gasteiger partial charge >= 0.3 is 5.97 Å². The fourth-order valence-corrected chi connectivity index (χ4v) is 3.64. The second-order valence-corrected chi connectivity index (χ2v) is 7.27. The van der Waals surface area contributed by atoms with Crippen LogP contribution in [0.4, 0.5) is 0 Å². The van der Waals surface area contributed by atoms with E-state index in [0.29, 0.717) is 16.5 Å². The molecule has 3 rings (SSSR count). The molecule has 27 heavy (non-hydrogen) atoms. The van der Waals surface area contributed by atoms with Crippen molar-refractivity contribution in [3.8, 4) is 5.75 Å². The first-order valence-electron chi connectivity index (χ1n) is 8.52. The summed E-state index contributed by atoms with van der Waals surface area (Å²) in [6, 6.07) is 13.1. The SMILES string of the molecule is Cc1nc(C(C)NC(=O)C(C)Oc2cccc3ccccc23)sc1C(=O)O. The molecular formula is C20H20N2O4S. The van der Waals surface area contributed by atoms with E-state index < -0.39 is 18.1 Å². The molecule has 0 spiro atoms. The first kappa shape index (κ1) is 18.8. The molecule has 1 aromatic heterocycles. The van der Waals surface area contributed by atoms with E-state index in [9.17, 15) is 9.59 Å². The summed E-state index contributed by atoms with van der Waals surface area (Å²) in [5, 5.41) is 14.5. The molecule has 2 N–H and O–H groups in total. The van der Waals surface area contributed by atoms with Crippen LogP contribution in [0, 0.1) is 6.92 Å². The van der Waals surface area contributed by atoms with Crippen molar-refractivity contribution in [3.05, 3.63) is 58.0 Å². The number of aromatic nitrogens is 1. The highest BCUT2D eigenvalue weighted by atomic mass is 32.1. The van der Waals surface area contributed by atoms with Gasteiger partial charge in [0.15, 0.2) is 6.10 Å². The van der Waals surface area contributed by atoms with Crippen molar-refractivity contribution in [1.82, 2.24) is 10.3 Å². The average molecular weight is 384 g/mol. The Hall–Kier alpha value is -2.93. The Morgan fingerprint density at radius 2 is 1.85 bits per heavy atom. The number of carboxylic acid groups (broad SMARTS) is 1. The van der Waals surface area contributed by atoms with Crippen LogP contribution in [-0.2, 0) is 4.79 Å². The van der Waals surface area contributed by atoms with Gasteiger partial charge in [-0.25, -0.2) is 9.78 Å². The van der Waals surface area contributed by atoms with Gasteiger partial charge in [-0.3, -0.25) is 4.79 Å². The van der Waals surface area contributed by atoms with Crippen LogP contribution in [-0.4, -0.2) is 28.1 Å². The molecular weight excluding hydrogens is 364 g/mol. The molecule has 6 nitrogen and oxygen atoms in total. The lowest BCUT2D eigenvalue weighted by Crippen LogP contribution is -2.37. The standard InChI is InChI=1S/C20H20N2O4S/c1-11-17(20(24)25)27-19(22-11)12(2)21-18(23)13(3)26-16-10-6-8-14-7-4-5-9-15(14)16/h4-10,12-13H,1-3H3,(H,21,23)(H,24,25). The summed E-state index contributed by atoms with van der Waals surface area (Å²) >= 11 is 1.07. The Morgan fingerprint density at radius 1 is 1.15 bits per heavy atom. The third kappa shape index (κ3) is 4.09. The van der Waals surface area contributed by atoms with Crippen molar-refractivity contribution in [2.24, 2.45) is 0 Å². The van der Waals surface area contributed by atoms with Crippen LogP contribution in [0.2, 0.25) is 0 Å². The molecule has 0 aliphatic heterocycles. The minimum absolute atomic E-state index is 0.186. The van der Waals surface area contributed by atoms with Gasteiger partial charge in [0, 0.05) is 5.39 Å². The quantitative estimate of drug-likeness (QED) is 0.672. The van der Waals surface area contributed by atoms with Crippen molar-refractivity contribution in [1.29, 1.82) is 0 Å². The number of thiazole rings is 1. The van der Waals surface area contributed by atoms with Crippen molar-refractivity contribution in [3.63, 3.8) is 0 Å². The maximum atomic E-state index is 12.5. The number of aryl methyl sites for hydroxylation is 1. The lowest BCUT2D eigenvalue weighted by molar-refractivity contribution is -0.127. The molecule has 1 amide bonds. The lowest BCUT2D eigenvalue weighted by Gasteiger charge is -2.18. The second-order valence-electron chi connectivity index (χ2n) is 6.24. The molecule has 0 bridgehead atoms. The maximum absolute atomic E-state index is 12.5. The molecule has 3 aromatic rings. The number of fused-ring (bicyclic) bond motifs is 1. The van der Waals surface area contributed by atoms with Gasteiger partial charge in [-0.15, -0.1) is 11.3 Å². The van der Waals surface area contributed by atoms with Gasteiger partial charge in [0.1, 0.15) is 15.6 Å². The van der Waals surface area contributed by atoms with Crippen LogP contribution < -0.4 is 10.1 Å². The largest absolute Gasteiger partial charge is 0.480 e. The van der Waals surface area contributed by atoms with Gasteiger partial charge in [-0.2, -0.15) is 0 Å². The highest BCUT2D eigenvalue weighted by molar-refractivity contribution is 7.13. The molecule has 2 aromatic carbocycles. The average Bonchev–Trinajstić information content (AvgIpc) is 3.04. The number of rotatable bonds is 6. The normalized spacial score (nSPS) is 13.1. The van der Waals surface area contributed by atoms with Crippen LogP contribution in [0.1, 0.15) is 40.3 Å². The Balaban J connectivity index is 1.70. The molecule has 0 aliphatic rings. The first-order valence-corrected chi connectivity index (χ1v) is 9.34. The first-order chi connectivity index (χ1) is 12.9. The van der Waals surface area contributed by atoms with E-state index >= 15 is 0 Å². The van der Waals surface area contributed by atoms with E-state index in [1.165, 1.54) is 0 Å². The van der Waals surface area contributed by atoms with Crippen molar-refractivity contribution in [2.45, 2.75) is 32.9 Å². The molecule has 0 aliphatic carbocycles. The lowest BCUT2D eigenvalue weighted by atomic mass is 10.1. The zero-order valence-corrected chi connectivity index (χ0v) is 16.0. The number of hydrogen-bond acceptors (Lipinski definition) is 5. The monoisotopic (exact) mass is 384 g/mol. The number of benzene rings is 2. The Bertz CT molecular complexity index is 993. The summed E-state index contributed by atoms with van der Waals surface area (Å²) in [7, 11) is 0. The third-order valence-electron chi connectivity index (χ3n) is 4.16. The second kappa shape index (κ2) is 7.75. The van der Waals surface area contributed by atoms with Crippen molar-refractivity contribution < 1.29 is 19.4 Å². The van der Waals surface area contributed by atoms with Gasteiger partial charge in [0.2, 0.25) is 0 Å². The number of carboxylic acids is 1. The number of hydrogen-bond donors (Lipinski definition) is 2. The third-order valence-corrected chi connectivity index (χ3v) is 5.49. The number of aromatic carboxylic acids is 1. The van der Waals surface area contributed by atoms with Gasteiger partial charge < -0.3 is 15.2 Å². The Kier molecular flexibility index (Phi) is 5.41. The molecule has 0 radical (unpaired) electrons. The van der Waals surface area contributed by atoms with E-state index in [-0.39, 0.29) is 10.8 Å². The van der Waals surface area contributed by atoms with Crippen molar-refractivity contribution in [2.75, 3.05) is 0 Å². The zero-order valence-electron chi connectivity index (χ0n) is 15.2.